The number of nitrogens with one attached hydrogen (secondary N) is 1. The molecule has 0 bridgehead atoms. The van der Waals surface area contributed by atoms with Crippen molar-refractivity contribution in [3.63, 3.8) is 0 Å². The highest BCUT2D eigenvalue weighted by atomic mass is 32.2. The molecule has 2 fully saturated rings. The normalized spacial score (nSPS) is 17.8. The van der Waals surface area contributed by atoms with E-state index in [0.29, 0.717) is 26.3 Å². The van der Waals surface area contributed by atoms with Crippen molar-refractivity contribution in [2.24, 2.45) is 0 Å². The number of morpholine rings is 1. The molecule has 3 heterocycles. The van der Waals surface area contributed by atoms with Crippen LogP contribution in [-0.2, 0) is 27.3 Å². The molecule has 2 aliphatic rings. The van der Waals surface area contributed by atoms with Crippen LogP contribution in [0.25, 0.3) is 22.2 Å². The number of sulfone groups is 1. The van der Waals surface area contributed by atoms with E-state index < -0.39 is 39.7 Å². The second kappa shape index (κ2) is 14.5. The highest BCUT2D eigenvalue weighted by molar-refractivity contribution is 7.90. The highest BCUT2D eigenvalue weighted by Gasteiger charge is 2.43. The number of piperidine rings is 1. The van der Waals surface area contributed by atoms with Gasteiger partial charge in [0.25, 0.3) is 5.91 Å². The molecule has 2 saturated heterocycles. The smallest absolute Gasteiger partial charge is 0.379 e. The van der Waals surface area contributed by atoms with Crippen molar-refractivity contribution in [3.8, 4) is 11.3 Å². The van der Waals surface area contributed by atoms with E-state index in [1.165, 1.54) is 54.6 Å². The first kappa shape index (κ1) is 36.7. The minimum Gasteiger partial charge on any atom is -0.379 e. The fourth-order valence-corrected chi connectivity index (χ4v) is 7.44. The SMILES string of the molecule is CS(=O)(=O)c1ccc2nc(-c3ccc(C(F)(F)F)cc3)c(CN3CCC(N4CCOCC4)CC3)c(C(=O)NC(c3ccccc3)C(F)(F)F)c2c1. The van der Waals surface area contributed by atoms with Gasteiger partial charge in [-0.1, -0.05) is 42.5 Å². The number of halogens is 6. The topological polar surface area (TPSA) is 91.8 Å². The molecule has 1 aromatic heterocycles. The summed E-state index contributed by atoms with van der Waals surface area (Å²) in [6.45, 7) is 4.00. The first-order chi connectivity index (χ1) is 24.1. The van der Waals surface area contributed by atoms with Crippen LogP contribution < -0.4 is 5.32 Å². The number of pyridine rings is 1. The molecule has 51 heavy (non-hydrogen) atoms. The van der Waals surface area contributed by atoms with Gasteiger partial charge in [0, 0.05) is 48.4 Å². The summed E-state index contributed by atoms with van der Waals surface area (Å²) in [4.78, 5) is 23.3. The van der Waals surface area contributed by atoms with Gasteiger partial charge < -0.3 is 10.1 Å². The van der Waals surface area contributed by atoms with E-state index in [0.717, 1.165) is 44.3 Å². The largest absolute Gasteiger partial charge is 0.416 e. The van der Waals surface area contributed by atoms with Crippen molar-refractivity contribution < 1.29 is 44.3 Å². The molecule has 4 aromatic rings. The third-order valence-electron chi connectivity index (χ3n) is 9.43. The van der Waals surface area contributed by atoms with E-state index in [1.807, 2.05) is 4.90 Å². The Morgan fingerprint density at radius 2 is 1.57 bits per heavy atom. The predicted molar refractivity (Wildman–Crippen MR) is 179 cm³/mol. The first-order valence-corrected chi connectivity index (χ1v) is 18.3. The van der Waals surface area contributed by atoms with Gasteiger partial charge >= 0.3 is 12.4 Å². The Morgan fingerprint density at radius 1 is 0.922 bits per heavy atom. The number of benzene rings is 3. The molecule has 1 atom stereocenters. The molecule has 15 heteroatoms. The number of ether oxygens (including phenoxy) is 1. The van der Waals surface area contributed by atoms with Crippen molar-refractivity contribution in [2.45, 2.75) is 48.7 Å². The highest BCUT2D eigenvalue weighted by Crippen LogP contribution is 2.38. The van der Waals surface area contributed by atoms with E-state index in [2.05, 4.69) is 10.2 Å². The van der Waals surface area contributed by atoms with E-state index >= 15 is 0 Å². The third-order valence-corrected chi connectivity index (χ3v) is 10.5. The zero-order valence-electron chi connectivity index (χ0n) is 27.6. The van der Waals surface area contributed by atoms with Crippen molar-refractivity contribution >= 4 is 26.6 Å². The van der Waals surface area contributed by atoms with Gasteiger partial charge in [-0.05, 0) is 61.8 Å². The number of nitrogens with zero attached hydrogens (tertiary/aromatic N) is 3. The molecule has 1 amide bonds. The number of fused-ring (bicyclic) bond motifs is 1. The van der Waals surface area contributed by atoms with Crippen LogP contribution in [0.3, 0.4) is 0 Å². The first-order valence-electron chi connectivity index (χ1n) is 16.4. The molecule has 272 valence electrons. The molecule has 0 radical (unpaired) electrons. The second-order valence-corrected chi connectivity index (χ2v) is 14.9. The molecule has 1 N–H and O–H groups in total. The second-order valence-electron chi connectivity index (χ2n) is 12.9. The lowest BCUT2D eigenvalue weighted by atomic mass is 9.93. The molecule has 0 spiro atoms. The molecular weight excluding hydrogens is 698 g/mol. The Hall–Kier alpha value is -4.05. The molecule has 0 aliphatic carbocycles. The maximum atomic E-state index is 14.5. The number of aromatic nitrogens is 1. The van der Waals surface area contributed by atoms with Crippen molar-refractivity contribution in [1.29, 1.82) is 0 Å². The van der Waals surface area contributed by atoms with Gasteiger partial charge in [-0.15, -0.1) is 0 Å². The zero-order chi connectivity index (χ0) is 36.6. The van der Waals surface area contributed by atoms with Crippen molar-refractivity contribution in [2.75, 3.05) is 45.6 Å². The summed E-state index contributed by atoms with van der Waals surface area (Å²) in [5.41, 5.74) is -0.800. The maximum absolute atomic E-state index is 14.5. The summed E-state index contributed by atoms with van der Waals surface area (Å²) < 4.78 is 115. The van der Waals surface area contributed by atoms with Gasteiger partial charge in [0.15, 0.2) is 15.9 Å². The molecule has 0 saturated carbocycles. The van der Waals surface area contributed by atoms with Crippen LogP contribution in [0, 0.1) is 0 Å². The number of hydrogen-bond acceptors (Lipinski definition) is 7. The van der Waals surface area contributed by atoms with Crippen LogP contribution in [0.15, 0.2) is 77.7 Å². The Labute approximate surface area is 291 Å². The number of carbonyl (C=O) groups is 1. The molecule has 6 rings (SSSR count). The lowest BCUT2D eigenvalue weighted by Gasteiger charge is -2.40. The predicted octanol–water partition coefficient (Wildman–Crippen LogP) is 6.65. The average molecular weight is 735 g/mol. The number of carbonyl (C=O) groups excluding carboxylic acids is 1. The van der Waals surface area contributed by atoms with E-state index in [9.17, 15) is 39.6 Å². The summed E-state index contributed by atoms with van der Waals surface area (Å²) in [6.07, 6.45) is -7.04. The van der Waals surface area contributed by atoms with E-state index in [1.54, 1.807) is 6.07 Å². The number of rotatable bonds is 8. The molecule has 8 nitrogen and oxygen atoms in total. The van der Waals surface area contributed by atoms with Crippen LogP contribution in [0.4, 0.5) is 26.3 Å². The van der Waals surface area contributed by atoms with Crippen molar-refractivity contribution in [3.05, 3.63) is 95.1 Å². The summed E-state index contributed by atoms with van der Waals surface area (Å²) >= 11 is 0. The number of likely N-dealkylation sites (tertiary alicyclic amines) is 1. The van der Waals surface area contributed by atoms with E-state index in [4.69, 9.17) is 9.72 Å². The monoisotopic (exact) mass is 734 g/mol. The van der Waals surface area contributed by atoms with Crippen molar-refractivity contribution in [1.82, 2.24) is 20.1 Å². The molecule has 1 unspecified atom stereocenters. The summed E-state index contributed by atoms with van der Waals surface area (Å²) in [6, 6.07) is 12.7. The number of hydrogen-bond donors (Lipinski definition) is 1. The van der Waals surface area contributed by atoms with Gasteiger partial charge in [0.1, 0.15) is 0 Å². The van der Waals surface area contributed by atoms with Crippen LogP contribution in [-0.4, -0.2) is 87.0 Å². The van der Waals surface area contributed by atoms with Crippen LogP contribution in [0.5, 0.6) is 0 Å². The lowest BCUT2D eigenvalue weighted by Crippen LogP contribution is -2.48. The minimum absolute atomic E-state index is 0.00160. The summed E-state index contributed by atoms with van der Waals surface area (Å²) in [5.74, 6) is -1.13. The quantitative estimate of drug-likeness (QED) is 0.203. The van der Waals surface area contributed by atoms with Gasteiger partial charge in [-0.25, -0.2) is 13.4 Å². The average Bonchev–Trinajstić information content (AvgIpc) is 3.10. The van der Waals surface area contributed by atoms with Gasteiger partial charge in [0.05, 0.1) is 40.4 Å². The van der Waals surface area contributed by atoms with Crippen LogP contribution in [0.1, 0.15) is 45.9 Å². The Morgan fingerprint density at radius 3 is 2.16 bits per heavy atom. The Balaban J connectivity index is 1.50. The van der Waals surface area contributed by atoms with E-state index in [-0.39, 0.29) is 56.3 Å². The molecular formula is C36H36F6N4O4S. The summed E-state index contributed by atoms with van der Waals surface area (Å²) in [5, 5.41) is 2.15. The fourth-order valence-electron chi connectivity index (χ4n) is 6.79. The fraction of sp³-hybridized carbons (Fsp3) is 0.389. The van der Waals surface area contributed by atoms with Crippen LogP contribution in [0.2, 0.25) is 0 Å². The van der Waals surface area contributed by atoms with Gasteiger partial charge in [-0.3, -0.25) is 14.6 Å². The molecule has 2 aliphatic heterocycles. The lowest BCUT2D eigenvalue weighted by molar-refractivity contribution is -0.155. The minimum atomic E-state index is -4.91. The Kier molecular flexibility index (Phi) is 10.5. The van der Waals surface area contributed by atoms with Gasteiger partial charge in [0.2, 0.25) is 0 Å². The van der Waals surface area contributed by atoms with Crippen LogP contribution >= 0.6 is 0 Å². The number of amides is 1. The maximum Gasteiger partial charge on any atom is 0.416 e. The Bertz CT molecular complexity index is 1980. The molecule has 3 aromatic carbocycles. The zero-order valence-corrected chi connectivity index (χ0v) is 28.4. The standard InChI is InChI=1S/C36H36F6N4O4S/c1-51(48,49)27-11-12-30-28(21-27)31(34(47)44-33(36(40,41)42)24-5-3-2-4-6-24)29(32(43-30)23-7-9-25(10-8-23)35(37,38)39)22-45-15-13-26(14-16-45)46-17-19-50-20-18-46/h2-12,21,26,33H,13-20,22H2,1H3,(H,44,47). The third kappa shape index (κ3) is 8.37. The van der Waals surface area contributed by atoms with Gasteiger partial charge in [-0.2, -0.15) is 26.3 Å². The number of alkyl halides is 6. The summed E-state index contributed by atoms with van der Waals surface area (Å²) in [7, 11) is -3.83.